The van der Waals surface area contributed by atoms with Gasteiger partial charge >= 0.3 is 0 Å². The van der Waals surface area contributed by atoms with Crippen molar-refractivity contribution in [2.45, 2.75) is 44.9 Å². The van der Waals surface area contributed by atoms with E-state index in [1.54, 1.807) is 0 Å². The van der Waals surface area contributed by atoms with Crippen LogP contribution in [0.1, 0.15) is 50.8 Å². The quantitative estimate of drug-likeness (QED) is 0.559. The summed E-state index contributed by atoms with van der Waals surface area (Å²) in [6.07, 6.45) is 5.00. The zero-order valence-corrected chi connectivity index (χ0v) is 18.4. The fourth-order valence-electron chi connectivity index (χ4n) is 3.80. The molecule has 0 radical (unpaired) electrons. The Bertz CT molecular complexity index is 955. The van der Waals surface area contributed by atoms with E-state index in [-0.39, 0.29) is 16.7 Å². The monoisotopic (exact) mass is 414 g/mol. The van der Waals surface area contributed by atoms with Gasteiger partial charge in [0.05, 0.1) is 15.7 Å². The molecule has 0 aliphatic heterocycles. The van der Waals surface area contributed by atoms with Crippen molar-refractivity contribution in [3.05, 3.63) is 87.1 Å². The van der Waals surface area contributed by atoms with Crippen LogP contribution in [-0.4, -0.2) is 0 Å². The Morgan fingerprint density at radius 2 is 1.54 bits per heavy atom. The van der Waals surface area contributed by atoms with Gasteiger partial charge in [0, 0.05) is 11.1 Å². The lowest BCUT2D eigenvalue weighted by molar-refractivity contribution is 0.380. The highest BCUT2D eigenvalue weighted by molar-refractivity contribution is 6.33. The van der Waals surface area contributed by atoms with Crippen LogP contribution < -0.4 is 11.5 Å². The molecule has 1 aliphatic rings. The Balaban J connectivity index is 1.98. The number of hydrogen-bond donors (Lipinski definition) is 2. The fraction of sp³-hybridized carbons (Fsp3) is 0.333. The van der Waals surface area contributed by atoms with E-state index in [4.69, 9.17) is 34.7 Å². The smallest absolute Gasteiger partial charge is 0.0638 e. The van der Waals surface area contributed by atoms with Crippen molar-refractivity contribution in [2.75, 3.05) is 5.73 Å². The molecule has 4 heteroatoms. The number of allylic oxidation sites excluding steroid dienone is 3. The molecule has 0 saturated carbocycles. The van der Waals surface area contributed by atoms with Gasteiger partial charge in [0.15, 0.2) is 0 Å². The minimum atomic E-state index is -0.201. The molecule has 0 amide bonds. The van der Waals surface area contributed by atoms with E-state index in [0.29, 0.717) is 21.4 Å². The van der Waals surface area contributed by atoms with Crippen molar-refractivity contribution >= 4 is 28.9 Å². The molecule has 1 atom stereocenters. The lowest BCUT2D eigenvalue weighted by Crippen LogP contribution is -2.30. The average molecular weight is 415 g/mol. The summed E-state index contributed by atoms with van der Waals surface area (Å²) in [4.78, 5) is 0. The van der Waals surface area contributed by atoms with Gasteiger partial charge in [0.25, 0.3) is 0 Å². The molecule has 3 rings (SSSR count). The van der Waals surface area contributed by atoms with E-state index in [1.807, 2.05) is 18.2 Å². The van der Waals surface area contributed by atoms with Crippen LogP contribution in [0.4, 0.5) is 5.69 Å². The maximum atomic E-state index is 6.31. The lowest BCUT2D eigenvalue weighted by Gasteiger charge is -2.36. The third-order valence-corrected chi connectivity index (χ3v) is 6.86. The molecule has 0 saturated heterocycles. The maximum absolute atomic E-state index is 6.31. The molecular formula is C24H28Cl2N2. The predicted molar refractivity (Wildman–Crippen MR) is 122 cm³/mol. The third kappa shape index (κ3) is 3.81. The Hall–Kier alpha value is -1.90. The van der Waals surface area contributed by atoms with Crippen molar-refractivity contribution in [1.82, 2.24) is 0 Å². The molecule has 28 heavy (non-hydrogen) atoms. The average Bonchev–Trinajstić information content (AvgIpc) is 2.66. The van der Waals surface area contributed by atoms with Crippen LogP contribution in [0, 0.1) is 5.92 Å². The van der Waals surface area contributed by atoms with Gasteiger partial charge in [0.2, 0.25) is 0 Å². The zero-order valence-electron chi connectivity index (χ0n) is 16.9. The van der Waals surface area contributed by atoms with Gasteiger partial charge in [-0.05, 0) is 46.6 Å². The van der Waals surface area contributed by atoms with Crippen molar-refractivity contribution < 1.29 is 0 Å². The van der Waals surface area contributed by atoms with Crippen LogP contribution in [0.3, 0.4) is 0 Å². The van der Waals surface area contributed by atoms with Crippen molar-refractivity contribution in [1.29, 1.82) is 0 Å². The minimum absolute atomic E-state index is 0.0812. The highest BCUT2D eigenvalue weighted by Gasteiger charge is 2.33. The Labute approximate surface area is 178 Å². The number of benzene rings is 2. The molecule has 4 N–H and O–H groups in total. The number of rotatable bonds is 4. The van der Waals surface area contributed by atoms with Gasteiger partial charge in [-0.1, -0.05) is 93.4 Å². The molecule has 2 nitrogen and oxygen atoms in total. The summed E-state index contributed by atoms with van der Waals surface area (Å²) in [5.41, 5.74) is 16.5. The van der Waals surface area contributed by atoms with E-state index < -0.39 is 0 Å². The first-order chi connectivity index (χ1) is 13.0. The number of anilines is 1. The van der Waals surface area contributed by atoms with Crippen LogP contribution in [0.2, 0.25) is 5.02 Å². The number of hydrogen-bond acceptors (Lipinski definition) is 2. The van der Waals surface area contributed by atoms with Crippen LogP contribution in [-0.2, 0) is 10.8 Å². The second-order valence-electron chi connectivity index (χ2n) is 8.68. The molecule has 1 unspecified atom stereocenters. The Kier molecular flexibility index (Phi) is 5.58. The Morgan fingerprint density at radius 1 is 0.893 bits per heavy atom. The maximum Gasteiger partial charge on any atom is 0.0638 e. The van der Waals surface area contributed by atoms with E-state index in [9.17, 15) is 0 Å². The van der Waals surface area contributed by atoms with E-state index >= 15 is 0 Å². The topological polar surface area (TPSA) is 52.0 Å². The van der Waals surface area contributed by atoms with E-state index in [0.717, 1.165) is 12.0 Å². The summed E-state index contributed by atoms with van der Waals surface area (Å²) in [6, 6.07) is 14.7. The SMILES string of the molecule is CC(C)(c1cccc(C(C)(C)C2C=C(Cl)C(N)=CC2)c1)c1ccc(N)c(Cl)c1. The molecule has 0 bridgehead atoms. The molecule has 148 valence electrons. The molecule has 0 spiro atoms. The van der Waals surface area contributed by atoms with E-state index in [2.05, 4.69) is 64.1 Å². The molecule has 2 aromatic carbocycles. The molecule has 0 fully saturated rings. The third-order valence-electron chi connectivity index (χ3n) is 6.19. The van der Waals surface area contributed by atoms with Crippen LogP contribution in [0.25, 0.3) is 0 Å². The molecule has 2 aromatic rings. The van der Waals surface area contributed by atoms with Gasteiger partial charge in [-0.2, -0.15) is 0 Å². The normalized spacial score (nSPS) is 17.9. The largest absolute Gasteiger partial charge is 0.398 e. The van der Waals surface area contributed by atoms with Gasteiger partial charge in [-0.15, -0.1) is 0 Å². The van der Waals surface area contributed by atoms with Gasteiger partial charge in [-0.25, -0.2) is 0 Å². The van der Waals surface area contributed by atoms with Crippen LogP contribution >= 0.6 is 23.2 Å². The first-order valence-corrected chi connectivity index (χ1v) is 10.3. The summed E-state index contributed by atoms with van der Waals surface area (Å²) in [5, 5.41) is 1.24. The standard InChI is InChI=1S/C24H28Cl2N2/c1-23(2,17-8-10-21(27)19(25)13-17)15-6-5-7-16(12-15)24(3,4)18-9-11-22(28)20(26)14-18/h5-8,10-14,18H,9,27-28H2,1-4H3. The molecule has 0 heterocycles. The molecule has 0 aromatic heterocycles. The van der Waals surface area contributed by atoms with E-state index in [1.165, 1.54) is 11.1 Å². The van der Waals surface area contributed by atoms with Crippen LogP contribution in [0.15, 0.2) is 65.3 Å². The second kappa shape index (κ2) is 7.50. The van der Waals surface area contributed by atoms with Gasteiger partial charge in [-0.3, -0.25) is 0 Å². The summed E-state index contributed by atoms with van der Waals surface area (Å²) in [6.45, 7) is 8.95. The number of nitrogens with two attached hydrogens (primary N) is 2. The van der Waals surface area contributed by atoms with Crippen molar-refractivity contribution in [3.8, 4) is 0 Å². The van der Waals surface area contributed by atoms with Crippen LogP contribution in [0.5, 0.6) is 0 Å². The predicted octanol–water partition coefficient (Wildman–Crippen LogP) is 6.51. The summed E-state index contributed by atoms with van der Waals surface area (Å²) in [5.74, 6) is 0.289. The van der Waals surface area contributed by atoms with Gasteiger partial charge < -0.3 is 11.5 Å². The zero-order chi connectivity index (χ0) is 20.7. The molecular weight excluding hydrogens is 387 g/mol. The van der Waals surface area contributed by atoms with Crippen molar-refractivity contribution in [2.24, 2.45) is 11.7 Å². The summed E-state index contributed by atoms with van der Waals surface area (Å²) < 4.78 is 0. The van der Waals surface area contributed by atoms with Gasteiger partial charge in [0.1, 0.15) is 0 Å². The number of nitrogen functional groups attached to an aromatic ring is 1. The summed E-state index contributed by atoms with van der Waals surface area (Å²) >= 11 is 12.6. The summed E-state index contributed by atoms with van der Waals surface area (Å²) in [7, 11) is 0. The highest BCUT2D eigenvalue weighted by atomic mass is 35.5. The lowest BCUT2D eigenvalue weighted by atomic mass is 9.69. The van der Waals surface area contributed by atoms with Crippen molar-refractivity contribution in [3.63, 3.8) is 0 Å². The highest BCUT2D eigenvalue weighted by Crippen LogP contribution is 2.41. The number of halogens is 2. The minimum Gasteiger partial charge on any atom is -0.398 e. The molecule has 1 aliphatic carbocycles. The second-order valence-corrected chi connectivity index (χ2v) is 9.49. The fourth-order valence-corrected chi connectivity index (χ4v) is 4.21. The first kappa shape index (κ1) is 20.8. The Morgan fingerprint density at radius 3 is 2.18 bits per heavy atom. The first-order valence-electron chi connectivity index (χ1n) is 9.53.